The lowest BCUT2D eigenvalue weighted by Crippen LogP contribution is -2.42. The van der Waals surface area contributed by atoms with Crippen molar-refractivity contribution in [3.8, 4) is 0 Å². The smallest absolute Gasteiger partial charge is 0.0427 e. The summed E-state index contributed by atoms with van der Waals surface area (Å²) in [6.45, 7) is 4.99. The van der Waals surface area contributed by atoms with Gasteiger partial charge in [0, 0.05) is 50.5 Å². The zero-order valence-electron chi connectivity index (χ0n) is 22.6. The van der Waals surface area contributed by atoms with Gasteiger partial charge in [0.15, 0.2) is 0 Å². The van der Waals surface area contributed by atoms with E-state index < -0.39 is 0 Å². The molecule has 1 atom stereocenters. The van der Waals surface area contributed by atoms with Gasteiger partial charge in [-0.05, 0) is 79.2 Å². The van der Waals surface area contributed by atoms with Crippen molar-refractivity contribution in [2.75, 3.05) is 13.1 Å². The van der Waals surface area contributed by atoms with E-state index in [9.17, 15) is 0 Å². The second-order valence-electron chi connectivity index (χ2n) is 11.3. The fourth-order valence-electron chi connectivity index (χ4n) is 6.15. The summed E-state index contributed by atoms with van der Waals surface area (Å²) in [4.78, 5) is 4.50. The molecule has 37 heavy (non-hydrogen) atoms. The lowest BCUT2D eigenvalue weighted by atomic mass is 9.91. The third-order valence-electron chi connectivity index (χ3n) is 8.41. The predicted octanol–water partition coefficient (Wildman–Crippen LogP) is 6.24. The first-order valence-electron chi connectivity index (χ1n) is 14.9. The Morgan fingerprint density at radius 2 is 1.57 bits per heavy atom. The van der Waals surface area contributed by atoms with E-state index in [1.165, 1.54) is 92.2 Å². The first-order chi connectivity index (χ1) is 18.3. The Morgan fingerprint density at radius 1 is 0.811 bits per heavy atom. The molecule has 0 radical (unpaired) electrons. The summed E-state index contributed by atoms with van der Waals surface area (Å²) >= 11 is 0. The summed E-state index contributed by atoms with van der Waals surface area (Å²) in [5.41, 5.74) is 8.68. The summed E-state index contributed by atoms with van der Waals surface area (Å²) in [7, 11) is 0. The van der Waals surface area contributed by atoms with Crippen molar-refractivity contribution in [2.45, 2.75) is 102 Å². The van der Waals surface area contributed by atoms with Gasteiger partial charge in [-0.2, -0.15) is 0 Å². The average Bonchev–Trinajstić information content (AvgIpc) is 2.98. The number of hydrogen-bond acceptors (Lipinski definition) is 4. The van der Waals surface area contributed by atoms with E-state index in [0.29, 0.717) is 6.04 Å². The van der Waals surface area contributed by atoms with Crippen molar-refractivity contribution in [3.63, 3.8) is 0 Å². The number of nitrogens with zero attached hydrogens (tertiary/aromatic N) is 1. The van der Waals surface area contributed by atoms with Gasteiger partial charge in [0.1, 0.15) is 0 Å². The van der Waals surface area contributed by atoms with E-state index >= 15 is 0 Å². The van der Waals surface area contributed by atoms with Crippen LogP contribution in [0.15, 0.2) is 65.2 Å². The molecule has 2 fully saturated rings. The van der Waals surface area contributed by atoms with E-state index in [0.717, 1.165) is 45.2 Å². The van der Waals surface area contributed by atoms with E-state index in [4.69, 9.17) is 0 Å². The molecule has 3 N–H and O–H groups in total. The fourth-order valence-corrected chi connectivity index (χ4v) is 6.15. The van der Waals surface area contributed by atoms with Crippen molar-refractivity contribution in [3.05, 3.63) is 82.4 Å². The summed E-state index contributed by atoms with van der Waals surface area (Å²) in [6.07, 6.45) is 16.8. The molecule has 4 aliphatic rings. The van der Waals surface area contributed by atoms with Crippen LogP contribution in [0.25, 0.3) is 0 Å². The molecule has 2 aliphatic heterocycles. The number of rotatable bonds is 7. The highest BCUT2D eigenvalue weighted by molar-refractivity contribution is 6.01. The maximum Gasteiger partial charge on any atom is 0.0427 e. The quantitative estimate of drug-likeness (QED) is 0.423. The van der Waals surface area contributed by atoms with Gasteiger partial charge < -0.3 is 16.0 Å². The van der Waals surface area contributed by atoms with Crippen molar-refractivity contribution in [2.24, 2.45) is 4.99 Å². The molecular weight excluding hydrogens is 452 g/mol. The molecule has 2 heterocycles. The van der Waals surface area contributed by atoms with E-state index in [1.54, 1.807) is 5.57 Å². The number of hydrogen-bond donors (Lipinski definition) is 3. The van der Waals surface area contributed by atoms with Crippen LogP contribution < -0.4 is 16.0 Å². The number of allylic oxidation sites excluding steroid dienone is 1. The first-order valence-corrected chi connectivity index (χ1v) is 14.9. The third kappa shape index (κ3) is 8.10. The molecule has 2 aliphatic carbocycles. The summed E-state index contributed by atoms with van der Waals surface area (Å²) < 4.78 is 0. The molecule has 2 aromatic carbocycles. The maximum atomic E-state index is 4.50. The second-order valence-corrected chi connectivity index (χ2v) is 11.3. The minimum Gasteiger partial charge on any atom is -0.311 e. The molecule has 1 unspecified atom stereocenters. The fraction of sp³-hybridized carbons (Fsp3) is 0.545. The molecule has 0 amide bonds. The van der Waals surface area contributed by atoms with Crippen LogP contribution in [-0.2, 0) is 26.1 Å². The molecule has 2 saturated carbocycles. The van der Waals surface area contributed by atoms with E-state index in [1.807, 2.05) is 0 Å². The molecule has 6 rings (SSSR count). The normalized spacial score (nSPS) is 21.6. The molecule has 4 nitrogen and oxygen atoms in total. The summed E-state index contributed by atoms with van der Waals surface area (Å²) in [6, 6.07) is 19.1. The highest BCUT2D eigenvalue weighted by Crippen LogP contribution is 2.23. The van der Waals surface area contributed by atoms with Crippen molar-refractivity contribution in [1.82, 2.24) is 16.0 Å². The highest BCUT2D eigenvalue weighted by atomic mass is 15.0. The van der Waals surface area contributed by atoms with Gasteiger partial charge in [0.25, 0.3) is 0 Å². The Labute approximate surface area is 224 Å². The van der Waals surface area contributed by atoms with Crippen molar-refractivity contribution < 1.29 is 0 Å². The van der Waals surface area contributed by atoms with Crippen LogP contribution in [0.2, 0.25) is 0 Å². The topological polar surface area (TPSA) is 48.5 Å². The number of fused-ring (bicyclic) bond motifs is 2. The number of aliphatic imine (C=N–C) groups is 1. The zero-order chi connectivity index (χ0) is 25.1. The standard InChI is InChI=1S/C24H33N3.C9H13N/c1-2-8-23(9-3-1)26-16-20-12-10-19(11-13-20)15-25-18-24-14-21-6-4-5-7-22(21)17-27-24;1-2-6-9-8(4-1)5-3-7-10-9/h4-7,10-13,23-27H,1-3,8-9,14-18H2;5H,1-4,6-7H2. The third-order valence-corrected chi connectivity index (χ3v) is 8.41. The van der Waals surface area contributed by atoms with Gasteiger partial charge in [0.2, 0.25) is 0 Å². The van der Waals surface area contributed by atoms with Crippen LogP contribution in [0.5, 0.6) is 0 Å². The van der Waals surface area contributed by atoms with Gasteiger partial charge in [-0.15, -0.1) is 0 Å². The molecule has 0 bridgehead atoms. The van der Waals surface area contributed by atoms with Crippen LogP contribution in [-0.4, -0.2) is 30.9 Å². The monoisotopic (exact) mass is 498 g/mol. The van der Waals surface area contributed by atoms with Crippen LogP contribution in [0, 0.1) is 0 Å². The molecule has 0 aromatic heterocycles. The van der Waals surface area contributed by atoms with Crippen molar-refractivity contribution in [1.29, 1.82) is 0 Å². The average molecular weight is 499 g/mol. The Balaban J connectivity index is 0.000000233. The first kappa shape index (κ1) is 26.3. The largest absolute Gasteiger partial charge is 0.311 e. The van der Waals surface area contributed by atoms with Crippen LogP contribution in [0.4, 0.5) is 0 Å². The van der Waals surface area contributed by atoms with Crippen LogP contribution in [0.3, 0.4) is 0 Å². The van der Waals surface area contributed by atoms with Gasteiger partial charge in [-0.3, -0.25) is 4.99 Å². The van der Waals surface area contributed by atoms with Crippen molar-refractivity contribution >= 4 is 5.71 Å². The Hall–Kier alpha value is -2.27. The SMILES string of the molecule is C1=C2CCCCC2=NCC1.c1ccc2c(c1)CNC(CNCc1ccc(CNC3CCCCC3)cc1)C2. The molecular formula is C33H46N4. The van der Waals surface area contributed by atoms with Crippen LogP contribution in [0.1, 0.15) is 86.5 Å². The summed E-state index contributed by atoms with van der Waals surface area (Å²) in [5.74, 6) is 0. The molecule has 2 aromatic rings. The Bertz CT molecular complexity index is 1010. The predicted molar refractivity (Wildman–Crippen MR) is 156 cm³/mol. The Morgan fingerprint density at radius 3 is 2.38 bits per heavy atom. The highest BCUT2D eigenvalue weighted by Gasteiger charge is 2.17. The zero-order valence-corrected chi connectivity index (χ0v) is 22.6. The number of benzene rings is 2. The van der Waals surface area contributed by atoms with Gasteiger partial charge in [-0.25, -0.2) is 0 Å². The van der Waals surface area contributed by atoms with E-state index in [2.05, 4.69) is 75.5 Å². The van der Waals surface area contributed by atoms with E-state index in [-0.39, 0.29) is 0 Å². The number of dihydropyridines is 1. The molecule has 198 valence electrons. The minimum atomic E-state index is 0.527. The van der Waals surface area contributed by atoms with Gasteiger partial charge in [-0.1, -0.05) is 73.9 Å². The molecule has 0 spiro atoms. The number of nitrogens with one attached hydrogen (secondary N) is 3. The molecule has 0 saturated heterocycles. The second kappa shape index (κ2) is 14.0. The Kier molecular flexibility index (Phi) is 10.00. The summed E-state index contributed by atoms with van der Waals surface area (Å²) in [5, 5.41) is 11.0. The lowest BCUT2D eigenvalue weighted by molar-refractivity contribution is 0.372. The van der Waals surface area contributed by atoms with Gasteiger partial charge >= 0.3 is 0 Å². The maximum absolute atomic E-state index is 4.50. The lowest BCUT2D eigenvalue weighted by Gasteiger charge is -2.26. The molecule has 4 heteroatoms. The van der Waals surface area contributed by atoms with Gasteiger partial charge in [0.05, 0.1) is 0 Å². The minimum absolute atomic E-state index is 0.527. The van der Waals surface area contributed by atoms with Crippen LogP contribution >= 0.6 is 0 Å².